The topological polar surface area (TPSA) is 39.1 Å². The molecule has 2 fully saturated rings. The Kier molecular flexibility index (Phi) is 5.73. The first-order chi connectivity index (χ1) is 15.9. The molecule has 3 aliphatic rings. The summed E-state index contributed by atoms with van der Waals surface area (Å²) in [5.41, 5.74) is 7.15. The minimum Gasteiger partial charge on any atom is -0.378 e. The van der Waals surface area contributed by atoms with E-state index in [-0.39, 0.29) is 23.8 Å². The van der Waals surface area contributed by atoms with Gasteiger partial charge in [-0.15, -0.1) is 0 Å². The Labute approximate surface area is 197 Å². The van der Waals surface area contributed by atoms with Gasteiger partial charge in [-0.3, -0.25) is 4.79 Å². The van der Waals surface area contributed by atoms with Gasteiger partial charge in [0.2, 0.25) is 5.91 Å². The molecule has 0 aromatic heterocycles. The lowest BCUT2D eigenvalue weighted by molar-refractivity contribution is -0.135. The van der Waals surface area contributed by atoms with Crippen molar-refractivity contribution in [1.29, 1.82) is 0 Å². The Morgan fingerprint density at radius 3 is 2.09 bits per heavy atom. The molecule has 2 aliphatic carbocycles. The van der Waals surface area contributed by atoms with Gasteiger partial charge in [-0.25, -0.2) is 5.01 Å². The molecule has 0 bridgehead atoms. The van der Waals surface area contributed by atoms with E-state index in [2.05, 4.69) is 92.6 Å². The number of anilines is 2. The van der Waals surface area contributed by atoms with E-state index in [4.69, 9.17) is 5.10 Å². The summed E-state index contributed by atoms with van der Waals surface area (Å²) in [4.78, 5) is 17.5. The maximum atomic E-state index is 13.3. The van der Waals surface area contributed by atoms with E-state index in [1.54, 1.807) is 0 Å². The lowest BCUT2D eigenvalue weighted by Crippen LogP contribution is -2.32. The van der Waals surface area contributed by atoms with Crippen LogP contribution in [0.2, 0.25) is 0 Å². The first-order valence-corrected chi connectivity index (χ1v) is 12.1. The van der Waals surface area contributed by atoms with Crippen molar-refractivity contribution >= 4 is 29.1 Å². The molecule has 2 aromatic rings. The van der Waals surface area contributed by atoms with Crippen molar-refractivity contribution in [1.82, 2.24) is 5.01 Å². The molecule has 172 valence electrons. The number of rotatable bonds is 5. The fourth-order valence-electron chi connectivity index (χ4n) is 5.07. The van der Waals surface area contributed by atoms with Gasteiger partial charge in [0, 0.05) is 51.4 Å². The summed E-state index contributed by atoms with van der Waals surface area (Å²) in [6, 6.07) is 17.3. The van der Waals surface area contributed by atoms with Crippen LogP contribution >= 0.6 is 0 Å². The zero-order chi connectivity index (χ0) is 23.1. The second-order valence-electron chi connectivity index (χ2n) is 10.0. The van der Waals surface area contributed by atoms with Crippen molar-refractivity contribution in [3.8, 4) is 0 Å². The predicted octanol–water partition coefficient (Wildman–Crippen LogP) is 5.35. The average Bonchev–Trinajstić information content (AvgIpc) is 3.59. The van der Waals surface area contributed by atoms with Crippen molar-refractivity contribution in [2.45, 2.75) is 38.1 Å². The number of fused-ring (bicyclic) bond motifs is 1. The third kappa shape index (κ3) is 4.29. The molecular weight excluding hydrogens is 408 g/mol. The third-order valence-electron chi connectivity index (χ3n) is 7.16. The van der Waals surface area contributed by atoms with E-state index < -0.39 is 0 Å². The van der Waals surface area contributed by atoms with Gasteiger partial charge in [0.15, 0.2) is 0 Å². The normalized spacial score (nSPS) is 23.3. The van der Waals surface area contributed by atoms with Crippen molar-refractivity contribution in [2.75, 3.05) is 38.0 Å². The molecule has 2 saturated carbocycles. The number of carbonyl (C=O) groups is 1. The summed E-state index contributed by atoms with van der Waals surface area (Å²) >= 11 is 0. The van der Waals surface area contributed by atoms with Crippen LogP contribution in [0.4, 0.5) is 11.4 Å². The Bertz CT molecular complexity index is 1080. The van der Waals surface area contributed by atoms with Crippen molar-refractivity contribution < 1.29 is 4.79 Å². The predicted molar refractivity (Wildman–Crippen MR) is 137 cm³/mol. The summed E-state index contributed by atoms with van der Waals surface area (Å²) in [5.74, 6) is 0.622. The smallest absolute Gasteiger partial charge is 0.246 e. The molecular formula is C28H34N4O. The number of benzene rings is 2. The minimum absolute atomic E-state index is 0.00382. The molecule has 1 heterocycles. The number of hydrogen-bond acceptors (Lipinski definition) is 4. The maximum absolute atomic E-state index is 13.3. The fraction of sp³-hybridized carbons (Fsp3) is 0.429. The molecule has 0 radical (unpaired) electrons. The van der Waals surface area contributed by atoms with Gasteiger partial charge >= 0.3 is 0 Å². The number of allylic oxidation sites excluding steroid dienone is 1. The first-order valence-electron chi connectivity index (χ1n) is 12.1. The summed E-state index contributed by atoms with van der Waals surface area (Å²) in [5, 5.41) is 6.87. The van der Waals surface area contributed by atoms with Gasteiger partial charge in [-0.1, -0.05) is 24.3 Å². The van der Waals surface area contributed by atoms with E-state index in [1.165, 1.54) is 28.1 Å². The molecule has 0 spiro atoms. The van der Waals surface area contributed by atoms with Gasteiger partial charge in [0.1, 0.15) is 0 Å². The van der Waals surface area contributed by atoms with Crippen LogP contribution in [0.25, 0.3) is 6.08 Å². The Hall–Kier alpha value is -3.08. The second kappa shape index (κ2) is 8.69. The molecule has 2 atom stereocenters. The Morgan fingerprint density at radius 2 is 1.52 bits per heavy atom. The van der Waals surface area contributed by atoms with E-state index in [9.17, 15) is 4.79 Å². The average molecular weight is 443 g/mol. The summed E-state index contributed by atoms with van der Waals surface area (Å²) < 4.78 is 0. The van der Waals surface area contributed by atoms with Crippen LogP contribution in [0.3, 0.4) is 0 Å². The fourth-order valence-corrected chi connectivity index (χ4v) is 5.07. The number of hydrazone groups is 1. The van der Waals surface area contributed by atoms with Crippen LogP contribution in [-0.4, -0.2) is 44.8 Å². The van der Waals surface area contributed by atoms with E-state index in [1.807, 2.05) is 5.01 Å². The molecule has 0 saturated heterocycles. The highest BCUT2D eigenvalue weighted by molar-refractivity contribution is 6.08. The highest BCUT2D eigenvalue weighted by Gasteiger charge is 2.46. The molecule has 5 rings (SSSR count). The summed E-state index contributed by atoms with van der Waals surface area (Å²) in [6.45, 7) is 0. The number of carbonyl (C=O) groups excluding carboxylic acids is 1. The van der Waals surface area contributed by atoms with Crippen molar-refractivity contribution in [2.24, 2.45) is 16.9 Å². The zero-order valence-corrected chi connectivity index (χ0v) is 20.2. The number of nitrogens with zero attached hydrogens (tertiary/aromatic N) is 4. The van der Waals surface area contributed by atoms with Crippen molar-refractivity contribution in [3.05, 3.63) is 65.2 Å². The van der Waals surface area contributed by atoms with E-state index in [0.29, 0.717) is 0 Å². The van der Waals surface area contributed by atoms with Crippen LogP contribution < -0.4 is 9.80 Å². The van der Waals surface area contributed by atoms with Gasteiger partial charge in [0.25, 0.3) is 0 Å². The maximum Gasteiger partial charge on any atom is 0.246 e. The third-order valence-corrected chi connectivity index (χ3v) is 7.16. The lowest BCUT2D eigenvalue weighted by atomic mass is 9.77. The van der Waals surface area contributed by atoms with Crippen LogP contribution in [0.1, 0.15) is 49.3 Å². The lowest BCUT2D eigenvalue weighted by Gasteiger charge is -2.30. The highest BCUT2D eigenvalue weighted by Crippen LogP contribution is 2.46. The molecule has 5 nitrogen and oxygen atoms in total. The molecule has 1 amide bonds. The SMILES string of the molecule is CN(C)c1ccc(/C=C2\CCCC3C2=NN(C(=O)C2CC2)C3c2ccc(N(C)C)cc2)cc1. The van der Waals surface area contributed by atoms with Crippen LogP contribution in [0.5, 0.6) is 0 Å². The molecule has 1 aliphatic heterocycles. The summed E-state index contributed by atoms with van der Waals surface area (Å²) in [6.07, 6.45) is 7.49. The van der Waals surface area contributed by atoms with Crippen LogP contribution in [0.15, 0.2) is 59.2 Å². The van der Waals surface area contributed by atoms with E-state index >= 15 is 0 Å². The van der Waals surface area contributed by atoms with Crippen LogP contribution in [-0.2, 0) is 4.79 Å². The van der Waals surface area contributed by atoms with Crippen LogP contribution in [0, 0.1) is 11.8 Å². The van der Waals surface area contributed by atoms with Gasteiger partial charge in [-0.05, 0) is 79.1 Å². The Morgan fingerprint density at radius 1 is 0.909 bits per heavy atom. The van der Waals surface area contributed by atoms with Crippen molar-refractivity contribution in [3.63, 3.8) is 0 Å². The summed E-state index contributed by atoms with van der Waals surface area (Å²) in [7, 11) is 8.22. The second-order valence-corrected chi connectivity index (χ2v) is 10.0. The molecule has 2 unspecified atom stereocenters. The standard InChI is InChI=1S/C28H34N4O/c1-30(2)23-14-8-19(9-15-23)18-22-6-5-7-25-26(22)29-32(28(33)21-10-11-21)27(25)20-12-16-24(17-13-20)31(3)4/h8-9,12-18,21,25,27H,5-7,10-11H2,1-4H3/b22-18+. The van der Waals surface area contributed by atoms with Gasteiger partial charge in [0.05, 0.1) is 11.8 Å². The number of amides is 1. The minimum atomic E-state index is 0.00382. The zero-order valence-electron chi connectivity index (χ0n) is 20.2. The number of hydrogen-bond donors (Lipinski definition) is 0. The molecule has 5 heteroatoms. The first kappa shape index (κ1) is 21.7. The molecule has 2 aromatic carbocycles. The quantitative estimate of drug-likeness (QED) is 0.626. The van der Waals surface area contributed by atoms with E-state index in [0.717, 1.165) is 37.8 Å². The highest BCUT2D eigenvalue weighted by atomic mass is 16.2. The molecule has 33 heavy (non-hydrogen) atoms. The van der Waals surface area contributed by atoms with Gasteiger partial charge in [-0.2, -0.15) is 5.10 Å². The monoisotopic (exact) mass is 442 g/mol. The Balaban J connectivity index is 1.49. The molecule has 0 N–H and O–H groups in total. The van der Waals surface area contributed by atoms with Gasteiger partial charge < -0.3 is 9.80 Å². The largest absolute Gasteiger partial charge is 0.378 e.